The summed E-state index contributed by atoms with van der Waals surface area (Å²) in [5, 5.41) is 8.84. The molecule has 0 saturated carbocycles. The van der Waals surface area contributed by atoms with Crippen LogP contribution in [0.2, 0.25) is 0 Å². The van der Waals surface area contributed by atoms with Crippen molar-refractivity contribution in [3.8, 4) is 0 Å². The van der Waals surface area contributed by atoms with Crippen LogP contribution in [-0.2, 0) is 24.7 Å². The summed E-state index contributed by atoms with van der Waals surface area (Å²) in [4.78, 5) is 3.99. The summed E-state index contributed by atoms with van der Waals surface area (Å²) < 4.78 is 7.30. The van der Waals surface area contributed by atoms with Crippen molar-refractivity contribution in [1.29, 1.82) is 0 Å². The van der Waals surface area contributed by atoms with E-state index >= 15 is 0 Å². The van der Waals surface area contributed by atoms with E-state index in [2.05, 4.69) is 4.98 Å². The van der Waals surface area contributed by atoms with Gasteiger partial charge in [-0.2, -0.15) is 0 Å². The summed E-state index contributed by atoms with van der Waals surface area (Å²) in [6, 6.07) is 9.99. The SMILES string of the molecule is OCc1cn(COCc2ccccc2)cn1. The van der Waals surface area contributed by atoms with Gasteiger partial charge in [-0.3, -0.25) is 0 Å². The lowest BCUT2D eigenvalue weighted by molar-refractivity contribution is 0.0638. The van der Waals surface area contributed by atoms with E-state index in [4.69, 9.17) is 9.84 Å². The number of aromatic nitrogens is 2. The Hall–Kier alpha value is -1.65. The minimum atomic E-state index is -0.0360. The number of aliphatic hydroxyl groups is 1. The lowest BCUT2D eigenvalue weighted by Crippen LogP contribution is -2.00. The third-order valence-electron chi connectivity index (χ3n) is 2.20. The molecular weight excluding hydrogens is 204 g/mol. The molecule has 1 heterocycles. The average molecular weight is 218 g/mol. The zero-order chi connectivity index (χ0) is 11.2. The fraction of sp³-hybridized carbons (Fsp3) is 0.250. The summed E-state index contributed by atoms with van der Waals surface area (Å²) in [6.07, 6.45) is 3.42. The predicted octanol–water partition coefficient (Wildman–Crippen LogP) is 1.55. The summed E-state index contributed by atoms with van der Waals surface area (Å²) >= 11 is 0. The van der Waals surface area contributed by atoms with Gasteiger partial charge in [0.2, 0.25) is 0 Å². The maximum absolute atomic E-state index is 8.84. The van der Waals surface area contributed by atoms with Crippen molar-refractivity contribution in [3.05, 3.63) is 54.1 Å². The zero-order valence-electron chi connectivity index (χ0n) is 8.91. The van der Waals surface area contributed by atoms with Crippen LogP contribution in [0.3, 0.4) is 0 Å². The van der Waals surface area contributed by atoms with Gasteiger partial charge in [0.05, 0.1) is 25.2 Å². The molecule has 0 atom stereocenters. The minimum absolute atomic E-state index is 0.0360. The summed E-state index contributed by atoms with van der Waals surface area (Å²) in [5.74, 6) is 0. The largest absolute Gasteiger partial charge is 0.390 e. The van der Waals surface area contributed by atoms with Gasteiger partial charge in [0.25, 0.3) is 0 Å². The zero-order valence-corrected chi connectivity index (χ0v) is 8.91. The Morgan fingerprint density at radius 1 is 1.25 bits per heavy atom. The highest BCUT2D eigenvalue weighted by molar-refractivity contribution is 5.13. The molecule has 0 aliphatic rings. The van der Waals surface area contributed by atoms with Gasteiger partial charge < -0.3 is 14.4 Å². The fourth-order valence-corrected chi connectivity index (χ4v) is 1.40. The van der Waals surface area contributed by atoms with Gasteiger partial charge in [-0.25, -0.2) is 4.98 Å². The van der Waals surface area contributed by atoms with Gasteiger partial charge in [-0.1, -0.05) is 30.3 Å². The van der Waals surface area contributed by atoms with Crippen molar-refractivity contribution in [3.63, 3.8) is 0 Å². The van der Waals surface area contributed by atoms with E-state index in [1.807, 2.05) is 30.3 Å². The van der Waals surface area contributed by atoms with Gasteiger partial charge in [-0.05, 0) is 5.56 Å². The molecule has 0 radical (unpaired) electrons. The fourth-order valence-electron chi connectivity index (χ4n) is 1.40. The Morgan fingerprint density at radius 3 is 2.75 bits per heavy atom. The maximum Gasteiger partial charge on any atom is 0.124 e. The smallest absolute Gasteiger partial charge is 0.124 e. The number of aliphatic hydroxyl groups excluding tert-OH is 1. The van der Waals surface area contributed by atoms with Gasteiger partial charge in [0, 0.05) is 6.20 Å². The highest BCUT2D eigenvalue weighted by atomic mass is 16.5. The molecule has 0 fully saturated rings. The van der Waals surface area contributed by atoms with Crippen molar-refractivity contribution in [2.24, 2.45) is 0 Å². The summed E-state index contributed by atoms with van der Waals surface area (Å²) in [5.41, 5.74) is 1.80. The van der Waals surface area contributed by atoms with Crippen molar-refractivity contribution in [2.45, 2.75) is 19.9 Å². The Bertz CT molecular complexity index is 426. The van der Waals surface area contributed by atoms with Gasteiger partial charge in [0.15, 0.2) is 0 Å². The molecule has 1 N–H and O–H groups in total. The molecule has 1 aromatic heterocycles. The number of ether oxygens (including phenoxy) is 1. The Kier molecular flexibility index (Phi) is 3.69. The highest BCUT2D eigenvalue weighted by Crippen LogP contribution is 2.02. The normalized spacial score (nSPS) is 10.6. The molecule has 0 spiro atoms. The third-order valence-corrected chi connectivity index (χ3v) is 2.20. The lowest BCUT2D eigenvalue weighted by Gasteiger charge is -2.04. The molecule has 1 aromatic carbocycles. The van der Waals surface area contributed by atoms with Crippen LogP contribution in [0.5, 0.6) is 0 Å². The standard InChI is InChI=1S/C12H14N2O2/c15-7-12-6-14(9-13-12)10-16-8-11-4-2-1-3-5-11/h1-6,9,15H,7-8,10H2. The van der Waals surface area contributed by atoms with E-state index in [1.165, 1.54) is 0 Å². The number of hydrogen-bond donors (Lipinski definition) is 1. The van der Waals surface area contributed by atoms with Crippen LogP contribution in [0, 0.1) is 0 Å². The van der Waals surface area contributed by atoms with E-state index in [0.717, 1.165) is 5.56 Å². The lowest BCUT2D eigenvalue weighted by atomic mass is 10.2. The molecule has 2 aromatic rings. The molecule has 0 amide bonds. The van der Waals surface area contributed by atoms with Crippen molar-refractivity contribution >= 4 is 0 Å². The number of rotatable bonds is 5. The summed E-state index contributed by atoms with van der Waals surface area (Å²) in [6.45, 7) is 0.987. The van der Waals surface area contributed by atoms with E-state index in [9.17, 15) is 0 Å². The van der Waals surface area contributed by atoms with Crippen LogP contribution in [0.1, 0.15) is 11.3 Å². The molecule has 0 aliphatic heterocycles. The van der Waals surface area contributed by atoms with Gasteiger partial charge >= 0.3 is 0 Å². The van der Waals surface area contributed by atoms with Crippen LogP contribution in [0.25, 0.3) is 0 Å². The van der Waals surface area contributed by atoms with Gasteiger partial charge in [0.1, 0.15) is 6.73 Å². The van der Waals surface area contributed by atoms with E-state index < -0.39 is 0 Å². The average Bonchev–Trinajstić information content (AvgIpc) is 2.78. The van der Waals surface area contributed by atoms with Crippen LogP contribution in [0.15, 0.2) is 42.9 Å². The Labute approximate surface area is 94.1 Å². The molecule has 4 heteroatoms. The van der Waals surface area contributed by atoms with Crippen LogP contribution in [-0.4, -0.2) is 14.7 Å². The Balaban J connectivity index is 1.80. The molecule has 16 heavy (non-hydrogen) atoms. The quantitative estimate of drug-likeness (QED) is 0.828. The second-order valence-electron chi connectivity index (χ2n) is 3.50. The Morgan fingerprint density at radius 2 is 2.06 bits per heavy atom. The first kappa shape index (κ1) is 10.9. The van der Waals surface area contributed by atoms with E-state index in [0.29, 0.717) is 19.0 Å². The summed E-state index contributed by atoms with van der Waals surface area (Å²) in [7, 11) is 0. The number of benzene rings is 1. The predicted molar refractivity (Wildman–Crippen MR) is 59.4 cm³/mol. The molecule has 0 aliphatic carbocycles. The van der Waals surface area contributed by atoms with Crippen molar-refractivity contribution in [2.75, 3.05) is 0 Å². The van der Waals surface area contributed by atoms with Gasteiger partial charge in [-0.15, -0.1) is 0 Å². The number of nitrogens with zero attached hydrogens (tertiary/aromatic N) is 2. The van der Waals surface area contributed by atoms with Crippen LogP contribution in [0.4, 0.5) is 0 Å². The maximum atomic E-state index is 8.84. The topological polar surface area (TPSA) is 47.3 Å². The first-order valence-electron chi connectivity index (χ1n) is 5.11. The highest BCUT2D eigenvalue weighted by Gasteiger charge is 1.97. The van der Waals surface area contributed by atoms with Crippen LogP contribution < -0.4 is 0 Å². The molecular formula is C12H14N2O2. The molecule has 84 valence electrons. The van der Waals surface area contributed by atoms with E-state index in [-0.39, 0.29) is 6.61 Å². The number of imidazole rings is 1. The van der Waals surface area contributed by atoms with E-state index in [1.54, 1.807) is 17.1 Å². The van der Waals surface area contributed by atoms with Crippen molar-refractivity contribution < 1.29 is 9.84 Å². The monoisotopic (exact) mass is 218 g/mol. The number of hydrogen-bond acceptors (Lipinski definition) is 3. The first-order valence-corrected chi connectivity index (χ1v) is 5.11. The molecule has 0 saturated heterocycles. The van der Waals surface area contributed by atoms with Crippen molar-refractivity contribution in [1.82, 2.24) is 9.55 Å². The van der Waals surface area contributed by atoms with Crippen LogP contribution >= 0.6 is 0 Å². The second-order valence-corrected chi connectivity index (χ2v) is 3.50. The third kappa shape index (κ3) is 2.92. The first-order chi connectivity index (χ1) is 7.88. The molecule has 0 unspecified atom stereocenters. The molecule has 0 bridgehead atoms. The second kappa shape index (κ2) is 5.44. The molecule has 2 rings (SSSR count). The molecule has 4 nitrogen and oxygen atoms in total. The minimum Gasteiger partial charge on any atom is -0.390 e.